The lowest BCUT2D eigenvalue weighted by Crippen LogP contribution is -2.36. The molecular weight excluding hydrogens is 239 g/mol. The molecule has 3 atom stereocenters. The molecule has 2 aliphatic rings. The summed E-state index contributed by atoms with van der Waals surface area (Å²) in [5, 5.41) is 3.46. The van der Waals surface area contributed by atoms with Gasteiger partial charge >= 0.3 is 0 Å². The van der Waals surface area contributed by atoms with Gasteiger partial charge in [-0.05, 0) is 25.8 Å². The van der Waals surface area contributed by atoms with Gasteiger partial charge in [-0.15, -0.1) is 0 Å². The number of piperidine rings is 1. The first-order valence-corrected chi connectivity index (χ1v) is 4.90. The highest BCUT2D eigenvalue weighted by Crippen LogP contribution is 2.34. The van der Waals surface area contributed by atoms with Crippen molar-refractivity contribution in [1.82, 2.24) is 8.43 Å². The highest BCUT2D eigenvalue weighted by molar-refractivity contribution is 14.1. The average Bonchev–Trinajstić information content (AvgIpc) is 2.17. The number of nitrogens with one attached hydrogen (secondary N) is 1. The standard InChI is InChI=1S/C7H13IN2/c1-5-6-2-7(10(5)8)4-9-3-6/h5-7,9H,2-4H2,1H3. The van der Waals surface area contributed by atoms with Gasteiger partial charge in [0, 0.05) is 41.5 Å². The van der Waals surface area contributed by atoms with E-state index in [0.29, 0.717) is 0 Å². The van der Waals surface area contributed by atoms with E-state index >= 15 is 0 Å². The van der Waals surface area contributed by atoms with Gasteiger partial charge in [-0.25, -0.2) is 3.11 Å². The van der Waals surface area contributed by atoms with Crippen molar-refractivity contribution in [2.45, 2.75) is 25.4 Å². The Morgan fingerprint density at radius 2 is 2.30 bits per heavy atom. The Bertz CT molecular complexity index is 122. The fourth-order valence-electron chi connectivity index (χ4n) is 2.04. The van der Waals surface area contributed by atoms with Crippen LogP contribution in [0.3, 0.4) is 0 Å². The van der Waals surface area contributed by atoms with E-state index in [0.717, 1.165) is 18.0 Å². The first-order chi connectivity index (χ1) is 4.79. The van der Waals surface area contributed by atoms with Crippen LogP contribution in [0.25, 0.3) is 0 Å². The van der Waals surface area contributed by atoms with Gasteiger partial charge in [0.05, 0.1) is 0 Å². The van der Waals surface area contributed by atoms with E-state index in [1.165, 1.54) is 19.5 Å². The van der Waals surface area contributed by atoms with Crippen molar-refractivity contribution in [1.29, 1.82) is 0 Å². The molecule has 2 saturated heterocycles. The summed E-state index contributed by atoms with van der Waals surface area (Å²) in [7, 11) is 0. The first-order valence-electron chi connectivity index (χ1n) is 3.94. The minimum Gasteiger partial charge on any atom is -0.315 e. The Hall–Kier alpha value is 0.650. The second-order valence-electron chi connectivity index (χ2n) is 3.39. The molecule has 2 heterocycles. The van der Waals surface area contributed by atoms with Crippen LogP contribution < -0.4 is 5.32 Å². The third kappa shape index (κ3) is 0.987. The summed E-state index contributed by atoms with van der Waals surface area (Å²) < 4.78 is 2.49. The average molecular weight is 252 g/mol. The van der Waals surface area contributed by atoms with E-state index in [9.17, 15) is 0 Å². The van der Waals surface area contributed by atoms with Crippen LogP contribution in [0.2, 0.25) is 0 Å². The van der Waals surface area contributed by atoms with Crippen molar-refractivity contribution >= 4 is 22.9 Å². The lowest BCUT2D eigenvalue weighted by Gasteiger charge is -2.19. The molecule has 0 amide bonds. The maximum absolute atomic E-state index is 3.46. The Kier molecular flexibility index (Phi) is 1.90. The third-order valence-electron chi connectivity index (χ3n) is 2.78. The van der Waals surface area contributed by atoms with E-state index in [4.69, 9.17) is 0 Å². The van der Waals surface area contributed by atoms with Crippen LogP contribution in [-0.4, -0.2) is 28.3 Å². The van der Waals surface area contributed by atoms with Crippen LogP contribution in [0.15, 0.2) is 0 Å². The zero-order chi connectivity index (χ0) is 7.14. The van der Waals surface area contributed by atoms with Crippen LogP contribution in [0.5, 0.6) is 0 Å². The van der Waals surface area contributed by atoms with Gasteiger partial charge in [-0.1, -0.05) is 0 Å². The van der Waals surface area contributed by atoms with Gasteiger partial charge in [-0.2, -0.15) is 0 Å². The van der Waals surface area contributed by atoms with Crippen molar-refractivity contribution in [3.05, 3.63) is 0 Å². The molecule has 0 aromatic heterocycles. The minimum absolute atomic E-state index is 0.792. The summed E-state index contributed by atoms with van der Waals surface area (Å²) in [6, 6.07) is 1.61. The number of rotatable bonds is 0. The normalized spacial score (nSPS) is 48.0. The third-order valence-corrected chi connectivity index (χ3v) is 4.45. The van der Waals surface area contributed by atoms with Gasteiger partial charge in [0.25, 0.3) is 0 Å². The summed E-state index contributed by atoms with van der Waals surface area (Å²) in [6.07, 6.45) is 1.41. The van der Waals surface area contributed by atoms with Crippen molar-refractivity contribution in [2.75, 3.05) is 13.1 Å². The monoisotopic (exact) mass is 252 g/mol. The van der Waals surface area contributed by atoms with Crippen LogP contribution in [0, 0.1) is 5.92 Å². The summed E-state index contributed by atoms with van der Waals surface area (Å²) in [5.41, 5.74) is 0. The predicted molar refractivity (Wildman–Crippen MR) is 50.1 cm³/mol. The topological polar surface area (TPSA) is 15.3 Å². The molecule has 2 aliphatic heterocycles. The van der Waals surface area contributed by atoms with E-state index in [1.807, 2.05) is 0 Å². The summed E-state index contributed by atoms with van der Waals surface area (Å²) in [4.78, 5) is 0. The minimum atomic E-state index is 0.792. The molecule has 3 unspecified atom stereocenters. The zero-order valence-corrected chi connectivity index (χ0v) is 8.34. The molecule has 0 saturated carbocycles. The number of fused-ring (bicyclic) bond motifs is 2. The Morgan fingerprint density at radius 3 is 2.90 bits per heavy atom. The molecule has 2 rings (SSSR count). The fourth-order valence-corrected chi connectivity index (χ4v) is 2.92. The van der Waals surface area contributed by atoms with Crippen molar-refractivity contribution in [2.24, 2.45) is 5.92 Å². The van der Waals surface area contributed by atoms with Gasteiger partial charge in [0.1, 0.15) is 0 Å². The van der Waals surface area contributed by atoms with Gasteiger partial charge in [0.2, 0.25) is 0 Å². The lowest BCUT2D eigenvalue weighted by molar-refractivity contribution is 0.406. The molecule has 2 bridgehead atoms. The van der Waals surface area contributed by atoms with Crippen molar-refractivity contribution < 1.29 is 0 Å². The molecule has 0 aromatic carbocycles. The maximum Gasteiger partial charge on any atom is 0.0325 e. The van der Waals surface area contributed by atoms with E-state index < -0.39 is 0 Å². The molecule has 0 aromatic rings. The zero-order valence-electron chi connectivity index (χ0n) is 6.18. The second-order valence-corrected chi connectivity index (χ2v) is 4.51. The number of halogens is 1. The summed E-state index contributed by atoms with van der Waals surface area (Å²) in [6.45, 7) is 4.77. The Labute approximate surface area is 75.8 Å². The number of hydrogen-bond acceptors (Lipinski definition) is 2. The molecule has 1 N–H and O–H groups in total. The lowest BCUT2D eigenvalue weighted by atomic mass is 9.97. The van der Waals surface area contributed by atoms with Crippen LogP contribution in [-0.2, 0) is 0 Å². The molecule has 0 spiro atoms. The molecular formula is C7H13IN2. The molecule has 10 heavy (non-hydrogen) atoms. The SMILES string of the molecule is CC1C2CNCC(C2)N1I. The summed E-state index contributed by atoms with van der Waals surface area (Å²) >= 11 is 2.47. The van der Waals surface area contributed by atoms with Crippen molar-refractivity contribution in [3.63, 3.8) is 0 Å². The van der Waals surface area contributed by atoms with E-state index in [2.05, 4.69) is 38.2 Å². The highest BCUT2D eigenvalue weighted by atomic mass is 127. The van der Waals surface area contributed by atoms with Crippen LogP contribution >= 0.6 is 22.9 Å². The highest BCUT2D eigenvalue weighted by Gasteiger charge is 2.39. The van der Waals surface area contributed by atoms with Gasteiger partial charge in [0.15, 0.2) is 0 Å². The largest absolute Gasteiger partial charge is 0.315 e. The quantitative estimate of drug-likeness (QED) is 0.511. The van der Waals surface area contributed by atoms with E-state index in [-0.39, 0.29) is 0 Å². The predicted octanol–water partition coefficient (Wildman–Crippen LogP) is 1.02. The molecule has 2 nitrogen and oxygen atoms in total. The Morgan fingerprint density at radius 1 is 1.50 bits per heavy atom. The van der Waals surface area contributed by atoms with Gasteiger partial charge < -0.3 is 5.32 Å². The summed E-state index contributed by atoms with van der Waals surface area (Å²) in [5.74, 6) is 0.913. The number of hydrogen-bond donors (Lipinski definition) is 1. The maximum atomic E-state index is 3.46. The molecule has 58 valence electrons. The molecule has 2 fully saturated rings. The van der Waals surface area contributed by atoms with E-state index in [1.54, 1.807) is 0 Å². The molecule has 0 aliphatic carbocycles. The van der Waals surface area contributed by atoms with Crippen LogP contribution in [0.4, 0.5) is 0 Å². The smallest absolute Gasteiger partial charge is 0.0325 e. The number of nitrogens with zero attached hydrogens (tertiary/aromatic N) is 1. The second kappa shape index (κ2) is 2.60. The van der Waals surface area contributed by atoms with Crippen LogP contribution in [0.1, 0.15) is 13.3 Å². The first kappa shape index (κ1) is 7.31. The van der Waals surface area contributed by atoms with Crippen molar-refractivity contribution in [3.8, 4) is 0 Å². The Balaban J connectivity index is 2.13. The fraction of sp³-hybridized carbons (Fsp3) is 1.00. The van der Waals surface area contributed by atoms with Gasteiger partial charge in [-0.3, -0.25) is 0 Å². The molecule has 3 heteroatoms. The molecule has 0 radical (unpaired) electrons.